The Labute approximate surface area is 175 Å². The summed E-state index contributed by atoms with van der Waals surface area (Å²) in [6, 6.07) is 17.3. The highest BCUT2D eigenvalue weighted by Gasteiger charge is 2.22. The minimum Gasteiger partial charge on any atom is -0.450 e. The van der Waals surface area contributed by atoms with Crippen LogP contribution in [-0.4, -0.2) is 23.0 Å². The molecule has 0 aliphatic carbocycles. The normalized spacial score (nSPS) is 10.7. The van der Waals surface area contributed by atoms with Crippen molar-refractivity contribution in [3.05, 3.63) is 106 Å². The highest BCUT2D eigenvalue weighted by molar-refractivity contribution is 6.15. The number of furan rings is 1. The van der Waals surface area contributed by atoms with Gasteiger partial charge in [-0.15, -0.1) is 0 Å². The number of carbonyl (C=O) groups is 2. The van der Waals surface area contributed by atoms with Gasteiger partial charge >= 0.3 is 0 Å². The predicted molar refractivity (Wildman–Crippen MR) is 112 cm³/mol. The van der Waals surface area contributed by atoms with Crippen molar-refractivity contribution in [1.29, 1.82) is 0 Å². The summed E-state index contributed by atoms with van der Waals surface area (Å²) >= 11 is 0. The maximum atomic E-state index is 13.2. The SMILES string of the molecule is O=C(CNc1c(C(=O)c2ccc(F)cc2)oc2ccccc12)c1ccc([N+](=O)[O-])cc1. The molecule has 0 fully saturated rings. The quantitative estimate of drug-likeness (QED) is 0.257. The van der Waals surface area contributed by atoms with Crippen LogP contribution in [0.25, 0.3) is 11.0 Å². The van der Waals surface area contributed by atoms with Gasteiger partial charge in [0, 0.05) is 28.6 Å². The van der Waals surface area contributed by atoms with Gasteiger partial charge in [-0.1, -0.05) is 12.1 Å². The number of hydrogen-bond donors (Lipinski definition) is 1. The molecule has 0 aliphatic rings. The molecule has 3 aromatic carbocycles. The van der Waals surface area contributed by atoms with Crippen LogP contribution in [0, 0.1) is 15.9 Å². The van der Waals surface area contributed by atoms with E-state index in [4.69, 9.17) is 4.42 Å². The first-order chi connectivity index (χ1) is 14.9. The van der Waals surface area contributed by atoms with Crippen LogP contribution in [0.3, 0.4) is 0 Å². The van der Waals surface area contributed by atoms with Gasteiger partial charge in [0.15, 0.2) is 11.5 Å². The Morgan fingerprint density at radius 3 is 2.26 bits per heavy atom. The number of rotatable bonds is 7. The third kappa shape index (κ3) is 4.04. The molecule has 0 unspecified atom stereocenters. The number of benzene rings is 3. The molecule has 1 aromatic heterocycles. The lowest BCUT2D eigenvalue weighted by molar-refractivity contribution is -0.384. The molecule has 0 bridgehead atoms. The molecule has 154 valence electrons. The summed E-state index contributed by atoms with van der Waals surface area (Å²) in [6.45, 7) is -0.162. The Kier molecular flexibility index (Phi) is 5.28. The van der Waals surface area contributed by atoms with Crippen LogP contribution in [-0.2, 0) is 0 Å². The molecule has 0 saturated heterocycles. The average molecular weight is 418 g/mol. The molecule has 1 N–H and O–H groups in total. The van der Waals surface area contributed by atoms with Gasteiger partial charge in [-0.05, 0) is 48.5 Å². The van der Waals surface area contributed by atoms with Gasteiger partial charge < -0.3 is 9.73 Å². The number of para-hydroxylation sites is 1. The number of carbonyl (C=O) groups excluding carboxylic acids is 2. The minimum absolute atomic E-state index is 0.00399. The Balaban J connectivity index is 1.62. The monoisotopic (exact) mass is 418 g/mol. The molecule has 7 nitrogen and oxygen atoms in total. The lowest BCUT2D eigenvalue weighted by Crippen LogP contribution is -2.15. The van der Waals surface area contributed by atoms with E-state index in [1.165, 1.54) is 48.5 Å². The fraction of sp³-hybridized carbons (Fsp3) is 0.0435. The number of nitrogens with one attached hydrogen (secondary N) is 1. The van der Waals surface area contributed by atoms with Crippen molar-refractivity contribution in [2.75, 3.05) is 11.9 Å². The standard InChI is InChI=1S/C23H15FN2O5/c24-16-9-5-15(6-10-16)22(28)23-21(18-3-1-2-4-20(18)31-23)25-13-19(27)14-7-11-17(12-8-14)26(29)30/h1-12,25H,13H2. The van der Waals surface area contributed by atoms with Crippen LogP contribution in [0.5, 0.6) is 0 Å². The molecule has 0 amide bonds. The second-order valence-electron chi connectivity index (χ2n) is 6.72. The summed E-state index contributed by atoms with van der Waals surface area (Å²) in [5.41, 5.74) is 1.22. The number of halogens is 1. The van der Waals surface area contributed by atoms with Crippen molar-refractivity contribution in [2.45, 2.75) is 0 Å². The first-order valence-electron chi connectivity index (χ1n) is 9.27. The summed E-state index contributed by atoms with van der Waals surface area (Å²) in [5, 5.41) is 14.3. The lowest BCUT2D eigenvalue weighted by atomic mass is 10.1. The minimum atomic E-state index is -0.544. The van der Waals surface area contributed by atoms with Gasteiger partial charge in [0.2, 0.25) is 5.78 Å². The first-order valence-corrected chi connectivity index (χ1v) is 9.27. The smallest absolute Gasteiger partial charge is 0.269 e. The molecule has 0 saturated carbocycles. The van der Waals surface area contributed by atoms with E-state index in [9.17, 15) is 24.1 Å². The molecular weight excluding hydrogens is 403 g/mol. The Hall–Kier alpha value is -4.33. The highest BCUT2D eigenvalue weighted by Crippen LogP contribution is 2.32. The summed E-state index contributed by atoms with van der Waals surface area (Å²) in [6.07, 6.45) is 0. The number of ketones is 2. The first kappa shape index (κ1) is 20.0. The van der Waals surface area contributed by atoms with Crippen LogP contribution in [0.4, 0.5) is 15.8 Å². The zero-order valence-corrected chi connectivity index (χ0v) is 16.0. The summed E-state index contributed by atoms with van der Waals surface area (Å²) in [5.74, 6) is -1.24. The van der Waals surface area contributed by atoms with E-state index in [0.717, 1.165) is 0 Å². The number of hydrogen-bond acceptors (Lipinski definition) is 6. The zero-order chi connectivity index (χ0) is 22.0. The summed E-state index contributed by atoms with van der Waals surface area (Å²) in [7, 11) is 0. The van der Waals surface area contributed by atoms with E-state index in [2.05, 4.69) is 5.32 Å². The fourth-order valence-electron chi connectivity index (χ4n) is 3.15. The molecule has 8 heteroatoms. The molecule has 31 heavy (non-hydrogen) atoms. The maximum absolute atomic E-state index is 13.2. The average Bonchev–Trinajstić information content (AvgIpc) is 3.16. The Morgan fingerprint density at radius 1 is 0.935 bits per heavy atom. The number of anilines is 1. The van der Waals surface area contributed by atoms with Gasteiger partial charge in [-0.2, -0.15) is 0 Å². The van der Waals surface area contributed by atoms with Crippen LogP contribution < -0.4 is 5.32 Å². The van der Waals surface area contributed by atoms with Crippen molar-refractivity contribution >= 4 is 33.9 Å². The molecule has 0 atom stereocenters. The van der Waals surface area contributed by atoms with Crippen LogP contribution in [0.2, 0.25) is 0 Å². The number of nitro benzene ring substituents is 1. The van der Waals surface area contributed by atoms with Crippen LogP contribution >= 0.6 is 0 Å². The van der Waals surface area contributed by atoms with Gasteiger partial charge in [0.05, 0.1) is 17.2 Å². The predicted octanol–water partition coefficient (Wildman–Crippen LogP) is 5.01. The van der Waals surface area contributed by atoms with Crippen molar-refractivity contribution in [3.8, 4) is 0 Å². The van der Waals surface area contributed by atoms with Gasteiger partial charge in [0.1, 0.15) is 11.4 Å². The topological polar surface area (TPSA) is 102 Å². The van der Waals surface area contributed by atoms with Crippen LogP contribution in [0.15, 0.2) is 77.2 Å². The molecular formula is C23H15FN2O5. The molecule has 4 rings (SSSR count). The summed E-state index contributed by atoms with van der Waals surface area (Å²) in [4.78, 5) is 35.7. The maximum Gasteiger partial charge on any atom is 0.269 e. The molecule has 0 spiro atoms. The van der Waals surface area contributed by atoms with Gasteiger partial charge in [-0.25, -0.2) is 4.39 Å². The van der Waals surface area contributed by atoms with E-state index >= 15 is 0 Å². The summed E-state index contributed by atoms with van der Waals surface area (Å²) < 4.78 is 19.0. The van der Waals surface area contributed by atoms with Crippen molar-refractivity contribution < 1.29 is 23.3 Å². The largest absolute Gasteiger partial charge is 0.450 e. The molecule has 0 radical (unpaired) electrons. The van der Waals surface area contributed by atoms with Crippen LogP contribution in [0.1, 0.15) is 26.5 Å². The Bertz CT molecular complexity index is 1290. The van der Waals surface area contributed by atoms with Crippen molar-refractivity contribution in [1.82, 2.24) is 0 Å². The molecule has 1 heterocycles. The highest BCUT2D eigenvalue weighted by atomic mass is 19.1. The zero-order valence-electron chi connectivity index (χ0n) is 16.0. The van der Waals surface area contributed by atoms with Crippen molar-refractivity contribution in [3.63, 3.8) is 0 Å². The van der Waals surface area contributed by atoms with E-state index in [0.29, 0.717) is 16.7 Å². The van der Waals surface area contributed by atoms with E-state index in [1.54, 1.807) is 24.3 Å². The lowest BCUT2D eigenvalue weighted by Gasteiger charge is -2.07. The number of nitro groups is 1. The van der Waals surface area contributed by atoms with E-state index < -0.39 is 16.5 Å². The number of Topliss-reactive ketones (excluding diaryl/α,β-unsaturated/α-hetero) is 1. The fourth-order valence-corrected chi connectivity index (χ4v) is 3.15. The molecule has 4 aromatic rings. The second-order valence-corrected chi connectivity index (χ2v) is 6.72. The van der Waals surface area contributed by atoms with Gasteiger partial charge in [-0.3, -0.25) is 19.7 Å². The number of nitrogens with zero attached hydrogens (tertiary/aromatic N) is 1. The van der Waals surface area contributed by atoms with E-state index in [1.807, 2.05) is 0 Å². The third-order valence-corrected chi connectivity index (χ3v) is 4.73. The second kappa shape index (κ2) is 8.19. The van der Waals surface area contributed by atoms with Gasteiger partial charge in [0.25, 0.3) is 5.69 Å². The third-order valence-electron chi connectivity index (χ3n) is 4.73. The molecule has 0 aliphatic heterocycles. The number of non-ortho nitro benzene ring substituents is 1. The van der Waals surface area contributed by atoms with E-state index in [-0.39, 0.29) is 34.9 Å². The van der Waals surface area contributed by atoms with Crippen molar-refractivity contribution in [2.24, 2.45) is 0 Å². The Morgan fingerprint density at radius 2 is 1.58 bits per heavy atom. The number of fused-ring (bicyclic) bond motifs is 1.